The van der Waals surface area contributed by atoms with Gasteiger partial charge in [0.2, 0.25) is 5.95 Å². The van der Waals surface area contributed by atoms with Crippen molar-refractivity contribution >= 4 is 17.5 Å². The van der Waals surface area contributed by atoms with Crippen molar-refractivity contribution in [2.75, 3.05) is 36.1 Å². The lowest BCUT2D eigenvalue weighted by Crippen LogP contribution is -2.54. The van der Waals surface area contributed by atoms with E-state index in [1.807, 2.05) is 11.8 Å². The van der Waals surface area contributed by atoms with E-state index < -0.39 is 12.2 Å². The first-order chi connectivity index (χ1) is 13.8. The van der Waals surface area contributed by atoms with Crippen molar-refractivity contribution in [1.82, 2.24) is 9.55 Å². The number of fused-ring (bicyclic) bond motifs is 1. The van der Waals surface area contributed by atoms with Gasteiger partial charge in [0.25, 0.3) is 5.56 Å². The summed E-state index contributed by atoms with van der Waals surface area (Å²) in [5, 5.41) is 12.6. The Morgan fingerprint density at radius 1 is 1.34 bits per heavy atom. The van der Waals surface area contributed by atoms with Crippen molar-refractivity contribution < 1.29 is 23.1 Å². The predicted molar refractivity (Wildman–Crippen MR) is 99.9 cm³/mol. The second kappa shape index (κ2) is 7.51. The molecule has 1 N–H and O–H groups in total. The number of oxime groups is 1. The fraction of sp³-hybridized carbons (Fsp3) is 0.722. The molecule has 1 aliphatic carbocycles. The number of hydrogen-bond acceptors (Lipinski definition) is 7. The summed E-state index contributed by atoms with van der Waals surface area (Å²) in [7, 11) is 0. The zero-order chi connectivity index (χ0) is 20.8. The number of halogens is 3. The largest absolute Gasteiger partial charge is 0.411 e. The molecule has 1 saturated heterocycles. The van der Waals surface area contributed by atoms with Crippen LogP contribution < -0.4 is 15.4 Å². The van der Waals surface area contributed by atoms with E-state index in [0.29, 0.717) is 31.3 Å². The molecule has 1 aromatic rings. The summed E-state index contributed by atoms with van der Waals surface area (Å²) in [6.07, 6.45) is -3.17. The zero-order valence-corrected chi connectivity index (χ0v) is 16.1. The van der Waals surface area contributed by atoms with Crippen molar-refractivity contribution in [2.45, 2.75) is 51.0 Å². The number of morpholine rings is 1. The summed E-state index contributed by atoms with van der Waals surface area (Å²) in [5.74, 6) is 0.304. The average Bonchev–Trinajstić information content (AvgIpc) is 3.50. The minimum Gasteiger partial charge on any atom is -0.411 e. The quantitative estimate of drug-likeness (QED) is 0.459. The molecule has 4 rings (SSSR count). The monoisotopic (exact) mass is 415 g/mol. The zero-order valence-electron chi connectivity index (χ0n) is 16.1. The van der Waals surface area contributed by atoms with Gasteiger partial charge in [-0.3, -0.25) is 9.36 Å². The number of aromatic nitrogens is 2. The molecule has 2 unspecified atom stereocenters. The number of ether oxygens (including phenoxy) is 1. The molecule has 3 heterocycles. The fourth-order valence-electron chi connectivity index (χ4n) is 4.03. The molecule has 1 aromatic heterocycles. The maximum Gasteiger partial charge on any atom is 0.408 e. The van der Waals surface area contributed by atoms with Gasteiger partial charge in [0.1, 0.15) is 11.9 Å². The molecule has 0 aromatic carbocycles. The van der Waals surface area contributed by atoms with Crippen LogP contribution in [0.4, 0.5) is 24.9 Å². The summed E-state index contributed by atoms with van der Waals surface area (Å²) < 4.78 is 48.0. The van der Waals surface area contributed by atoms with Crippen LogP contribution >= 0.6 is 0 Å². The lowest BCUT2D eigenvalue weighted by molar-refractivity contribution is -0.152. The lowest BCUT2D eigenvalue weighted by atomic mass is 10.1. The third-order valence-electron chi connectivity index (χ3n) is 5.78. The maximum absolute atomic E-state index is 13.8. The summed E-state index contributed by atoms with van der Waals surface area (Å²) in [6, 6.07) is -0.461. The highest BCUT2D eigenvalue weighted by Gasteiger charge is 2.48. The number of hydrogen-bond donors (Lipinski definition) is 1. The highest BCUT2D eigenvalue weighted by atomic mass is 19.4. The molecule has 29 heavy (non-hydrogen) atoms. The Bertz CT molecular complexity index is 852. The number of rotatable bonds is 4. The molecule has 1 saturated carbocycles. The summed E-state index contributed by atoms with van der Waals surface area (Å²) in [5.41, 5.74) is -0.0877. The van der Waals surface area contributed by atoms with Gasteiger partial charge in [-0.05, 0) is 26.2 Å². The van der Waals surface area contributed by atoms with Gasteiger partial charge in [-0.1, -0.05) is 5.16 Å². The van der Waals surface area contributed by atoms with Gasteiger partial charge in [-0.2, -0.15) is 18.2 Å². The Kier molecular flexibility index (Phi) is 5.18. The molecule has 11 heteroatoms. The van der Waals surface area contributed by atoms with Gasteiger partial charge < -0.3 is 19.7 Å². The molecule has 2 atom stereocenters. The van der Waals surface area contributed by atoms with Crippen molar-refractivity contribution in [2.24, 2.45) is 11.1 Å². The third kappa shape index (κ3) is 3.92. The summed E-state index contributed by atoms with van der Waals surface area (Å²) >= 11 is 0. The van der Waals surface area contributed by atoms with Gasteiger partial charge >= 0.3 is 6.18 Å². The maximum atomic E-state index is 13.8. The highest BCUT2D eigenvalue weighted by molar-refractivity contribution is 5.92. The first-order valence-electron chi connectivity index (χ1n) is 9.80. The molecule has 0 radical (unpaired) electrons. The normalized spacial score (nSPS) is 25.9. The van der Waals surface area contributed by atoms with E-state index in [-0.39, 0.29) is 43.0 Å². The number of alkyl halides is 3. The standard InChI is InChI=1S/C18H24F3N5O3/c1-11-10-29-7-6-24(11)15-8-16(27)25-5-4-14(18(19,20)21)26(17(25)22-15)9-13(23-28)12-2-3-12/h8,11-12,14,28H,2-7,9-10H2,1H3. The van der Waals surface area contributed by atoms with Gasteiger partial charge in [0.05, 0.1) is 31.5 Å². The molecular weight excluding hydrogens is 391 g/mol. The Labute approximate surface area is 165 Å². The minimum absolute atomic E-state index is 0.0153. The SMILES string of the molecule is CC1COCCN1c1cc(=O)n2c(n1)N(CC(=NO)C1CC1)C(C(F)(F)F)CC2. The van der Waals surface area contributed by atoms with E-state index in [2.05, 4.69) is 10.1 Å². The van der Waals surface area contributed by atoms with E-state index in [1.165, 1.54) is 10.6 Å². The van der Waals surface area contributed by atoms with Gasteiger partial charge in [-0.15, -0.1) is 0 Å². The second-order valence-electron chi connectivity index (χ2n) is 7.86. The van der Waals surface area contributed by atoms with Gasteiger partial charge in [0, 0.05) is 25.1 Å². The molecular formula is C18H24F3N5O3. The molecule has 8 nitrogen and oxygen atoms in total. The molecule has 0 bridgehead atoms. The highest BCUT2D eigenvalue weighted by Crippen LogP contribution is 2.37. The van der Waals surface area contributed by atoms with Gasteiger partial charge in [0.15, 0.2) is 0 Å². The van der Waals surface area contributed by atoms with Crippen molar-refractivity contribution in [3.8, 4) is 0 Å². The van der Waals surface area contributed by atoms with E-state index in [9.17, 15) is 23.2 Å². The molecule has 0 spiro atoms. The van der Waals surface area contributed by atoms with Crippen LogP contribution in [-0.2, 0) is 11.3 Å². The number of nitrogens with zero attached hydrogens (tertiary/aromatic N) is 5. The Balaban J connectivity index is 1.76. The van der Waals surface area contributed by atoms with Crippen LogP contribution in [-0.4, -0.2) is 65.0 Å². The molecule has 2 aliphatic heterocycles. The van der Waals surface area contributed by atoms with E-state index in [0.717, 1.165) is 17.7 Å². The molecule has 0 amide bonds. The van der Waals surface area contributed by atoms with Crippen LogP contribution in [0.5, 0.6) is 0 Å². The Morgan fingerprint density at radius 2 is 2.10 bits per heavy atom. The van der Waals surface area contributed by atoms with Crippen LogP contribution in [0.1, 0.15) is 26.2 Å². The fourth-order valence-corrected chi connectivity index (χ4v) is 4.03. The Hall–Kier alpha value is -2.30. The first-order valence-corrected chi connectivity index (χ1v) is 9.80. The van der Waals surface area contributed by atoms with Crippen LogP contribution in [0.2, 0.25) is 0 Å². The van der Waals surface area contributed by atoms with E-state index in [1.54, 1.807) is 0 Å². The van der Waals surface area contributed by atoms with E-state index >= 15 is 0 Å². The van der Waals surface area contributed by atoms with Gasteiger partial charge in [-0.25, -0.2) is 0 Å². The number of anilines is 2. The van der Waals surface area contributed by atoms with Crippen molar-refractivity contribution in [3.63, 3.8) is 0 Å². The first kappa shape index (κ1) is 20.0. The molecule has 160 valence electrons. The van der Waals surface area contributed by atoms with Crippen LogP contribution in [0.3, 0.4) is 0 Å². The Morgan fingerprint density at radius 3 is 2.72 bits per heavy atom. The van der Waals surface area contributed by atoms with Crippen molar-refractivity contribution in [1.29, 1.82) is 0 Å². The third-order valence-corrected chi connectivity index (χ3v) is 5.78. The summed E-state index contributed by atoms with van der Waals surface area (Å²) in [6.45, 7) is 3.07. The average molecular weight is 415 g/mol. The van der Waals surface area contributed by atoms with Crippen LogP contribution in [0.15, 0.2) is 16.0 Å². The van der Waals surface area contributed by atoms with Crippen LogP contribution in [0.25, 0.3) is 0 Å². The lowest BCUT2D eigenvalue weighted by Gasteiger charge is -2.40. The molecule has 2 fully saturated rings. The minimum atomic E-state index is -4.49. The predicted octanol–water partition coefficient (Wildman–Crippen LogP) is 1.85. The van der Waals surface area contributed by atoms with E-state index in [4.69, 9.17) is 4.74 Å². The topological polar surface area (TPSA) is 83.2 Å². The smallest absolute Gasteiger partial charge is 0.408 e. The van der Waals surface area contributed by atoms with Crippen LogP contribution in [0, 0.1) is 5.92 Å². The molecule has 3 aliphatic rings. The summed E-state index contributed by atoms with van der Waals surface area (Å²) in [4.78, 5) is 20.2. The van der Waals surface area contributed by atoms with Crippen molar-refractivity contribution in [3.05, 3.63) is 16.4 Å². The second-order valence-corrected chi connectivity index (χ2v) is 7.86.